The number of nitrogens with zero attached hydrogens (tertiary/aromatic N) is 2. The molecule has 1 aliphatic heterocycles. The summed E-state index contributed by atoms with van der Waals surface area (Å²) in [5.41, 5.74) is 2.56. The molecule has 7 nitrogen and oxygen atoms in total. The molecule has 0 spiro atoms. The Balaban J connectivity index is 1.94. The molecule has 4 rings (SSSR count). The zero-order valence-corrected chi connectivity index (χ0v) is 17.6. The number of hydrogen-bond donors (Lipinski definition) is 3. The van der Waals surface area contributed by atoms with Crippen molar-refractivity contribution in [1.82, 2.24) is 10.1 Å². The van der Waals surface area contributed by atoms with Gasteiger partial charge in [-0.15, -0.1) is 0 Å². The van der Waals surface area contributed by atoms with Gasteiger partial charge in [-0.05, 0) is 46.8 Å². The molecule has 144 valence electrons. The van der Waals surface area contributed by atoms with Gasteiger partial charge in [-0.1, -0.05) is 34.6 Å². The van der Waals surface area contributed by atoms with Crippen molar-refractivity contribution in [3.63, 3.8) is 0 Å². The first kappa shape index (κ1) is 18.8. The van der Waals surface area contributed by atoms with E-state index < -0.39 is 6.17 Å². The van der Waals surface area contributed by atoms with Crippen LogP contribution in [0, 0.1) is 0 Å². The van der Waals surface area contributed by atoms with E-state index in [0.717, 1.165) is 27.0 Å². The van der Waals surface area contributed by atoms with Crippen LogP contribution in [0.3, 0.4) is 0 Å². The summed E-state index contributed by atoms with van der Waals surface area (Å²) < 4.78 is 7.68. The maximum absolute atomic E-state index is 12.9. The maximum atomic E-state index is 12.9. The van der Waals surface area contributed by atoms with Gasteiger partial charge in [0.1, 0.15) is 0 Å². The van der Waals surface area contributed by atoms with Gasteiger partial charge in [-0.25, -0.2) is 0 Å². The van der Waals surface area contributed by atoms with Crippen LogP contribution in [0.15, 0.2) is 50.8 Å². The second-order valence-electron chi connectivity index (χ2n) is 6.15. The molecule has 0 saturated carbocycles. The van der Waals surface area contributed by atoms with E-state index in [2.05, 4.69) is 31.3 Å². The number of nitrogens with one attached hydrogen (secondary N) is 2. The number of anilines is 1. The summed E-state index contributed by atoms with van der Waals surface area (Å²) in [6.07, 6.45) is -0.459. The molecule has 0 radical (unpaired) electrons. The molecule has 0 unspecified atom stereocenters. The standard InChI is InChI=1S/C19H17BrN4O3S/c1-3-28-19-22-18(26)16-12-9-11(20)5-6-13(12)21-17(24(16)23-19)10-4-7-15(27-2)14(25)8-10/h4-9,17H,3H2,1-2H3,(H2,22,23,25,26)/p+1/t17-/m1/s1. The second-order valence-corrected chi connectivity index (χ2v) is 8.32. The first-order valence-corrected chi connectivity index (χ1v) is 10.4. The summed E-state index contributed by atoms with van der Waals surface area (Å²) in [5.74, 6) is 1.19. The third kappa shape index (κ3) is 3.24. The van der Waals surface area contributed by atoms with Crippen LogP contribution in [-0.4, -0.2) is 28.1 Å². The van der Waals surface area contributed by atoms with Crippen LogP contribution in [0.1, 0.15) is 18.7 Å². The molecule has 3 N–H and O–H groups in total. The number of aromatic amines is 1. The summed E-state index contributed by atoms with van der Waals surface area (Å²) in [5, 5.41) is 18.9. The monoisotopic (exact) mass is 461 g/mol. The SMILES string of the molecule is CCSc1n[n+]2c(c(=O)[nH]1)-c1cc(Br)ccc1N[C@H]2c1ccc(OC)c(O)c1. The number of methoxy groups -OCH3 is 1. The van der Waals surface area contributed by atoms with Gasteiger partial charge in [0.05, 0.1) is 18.4 Å². The Morgan fingerprint density at radius 2 is 2.14 bits per heavy atom. The minimum absolute atomic E-state index is 0.0264. The Morgan fingerprint density at radius 1 is 1.32 bits per heavy atom. The fraction of sp³-hybridized carbons (Fsp3) is 0.211. The Kier molecular flexibility index (Phi) is 5.03. The largest absolute Gasteiger partial charge is 0.504 e. The molecular formula is C19H18BrN4O3S+. The van der Waals surface area contributed by atoms with Crippen molar-refractivity contribution >= 4 is 33.4 Å². The molecule has 0 aliphatic carbocycles. The fourth-order valence-corrected chi connectivity index (χ4v) is 4.16. The van der Waals surface area contributed by atoms with Gasteiger partial charge in [0, 0.05) is 15.1 Å². The number of aromatic hydroxyl groups is 1. The molecule has 0 saturated heterocycles. The molecule has 0 bridgehead atoms. The molecule has 28 heavy (non-hydrogen) atoms. The highest BCUT2D eigenvalue weighted by Crippen LogP contribution is 2.36. The zero-order valence-electron chi connectivity index (χ0n) is 15.2. The van der Waals surface area contributed by atoms with Crippen LogP contribution >= 0.6 is 27.7 Å². The Bertz CT molecular complexity index is 1120. The number of hydrogen-bond acceptors (Lipinski definition) is 6. The highest BCUT2D eigenvalue weighted by Gasteiger charge is 2.38. The summed E-state index contributed by atoms with van der Waals surface area (Å²) in [4.78, 5) is 15.8. The normalized spacial score (nSPS) is 14.8. The molecule has 0 amide bonds. The van der Waals surface area contributed by atoms with Crippen LogP contribution in [0.4, 0.5) is 5.69 Å². The van der Waals surface area contributed by atoms with Gasteiger partial charge in [0.15, 0.2) is 11.5 Å². The molecule has 2 heterocycles. The zero-order chi connectivity index (χ0) is 19.8. The van der Waals surface area contributed by atoms with Gasteiger partial charge in [-0.3, -0.25) is 9.78 Å². The lowest BCUT2D eigenvalue weighted by atomic mass is 10.0. The molecule has 0 fully saturated rings. The number of thioether (sulfide) groups is 1. The van der Waals surface area contributed by atoms with E-state index in [1.807, 2.05) is 31.2 Å². The van der Waals surface area contributed by atoms with Crippen molar-refractivity contribution in [2.75, 3.05) is 18.2 Å². The molecule has 3 aromatic rings. The Hall–Kier alpha value is -2.52. The number of benzene rings is 2. The fourth-order valence-electron chi connectivity index (χ4n) is 3.22. The predicted molar refractivity (Wildman–Crippen MR) is 111 cm³/mol. The van der Waals surface area contributed by atoms with E-state index in [4.69, 9.17) is 4.74 Å². The number of aromatic nitrogens is 3. The average molecular weight is 462 g/mol. The van der Waals surface area contributed by atoms with Crippen molar-refractivity contribution in [2.45, 2.75) is 18.2 Å². The quantitative estimate of drug-likeness (QED) is 0.407. The van der Waals surface area contributed by atoms with Gasteiger partial charge in [-0.2, -0.15) is 0 Å². The summed E-state index contributed by atoms with van der Waals surface area (Å²) >= 11 is 4.93. The van der Waals surface area contributed by atoms with Crippen LogP contribution in [0.2, 0.25) is 0 Å². The van der Waals surface area contributed by atoms with E-state index >= 15 is 0 Å². The number of rotatable bonds is 4. The third-order valence-corrected chi connectivity index (χ3v) is 5.68. The number of H-pyrrole nitrogens is 1. The molecule has 9 heteroatoms. The van der Waals surface area contributed by atoms with Crippen LogP contribution in [0.5, 0.6) is 11.5 Å². The first-order valence-electron chi connectivity index (χ1n) is 8.64. The average Bonchev–Trinajstić information content (AvgIpc) is 2.67. The van der Waals surface area contributed by atoms with Crippen LogP contribution in [0.25, 0.3) is 11.3 Å². The molecule has 1 aromatic heterocycles. The van der Waals surface area contributed by atoms with Crippen LogP contribution in [-0.2, 0) is 0 Å². The number of halogens is 1. The highest BCUT2D eigenvalue weighted by atomic mass is 79.9. The minimum atomic E-state index is -0.459. The van der Waals surface area contributed by atoms with Gasteiger partial charge < -0.3 is 15.2 Å². The maximum Gasteiger partial charge on any atom is 0.325 e. The molecule has 1 aliphatic rings. The van der Waals surface area contributed by atoms with Crippen molar-refractivity contribution in [3.8, 4) is 22.8 Å². The van der Waals surface area contributed by atoms with E-state index in [1.54, 1.807) is 16.8 Å². The summed E-state index contributed by atoms with van der Waals surface area (Å²) in [7, 11) is 1.50. The molecular weight excluding hydrogens is 444 g/mol. The van der Waals surface area contributed by atoms with Gasteiger partial charge >= 0.3 is 11.3 Å². The van der Waals surface area contributed by atoms with Crippen LogP contribution < -0.4 is 20.3 Å². The van der Waals surface area contributed by atoms with Gasteiger partial charge in [0.25, 0.3) is 6.17 Å². The lowest BCUT2D eigenvalue weighted by Gasteiger charge is -2.22. The summed E-state index contributed by atoms with van der Waals surface area (Å²) in [6.45, 7) is 2.00. The van der Waals surface area contributed by atoms with Gasteiger partial charge in [0.2, 0.25) is 5.16 Å². The topological polar surface area (TPSA) is 91.1 Å². The Labute approximate surface area is 173 Å². The predicted octanol–water partition coefficient (Wildman–Crippen LogP) is 3.29. The third-order valence-electron chi connectivity index (χ3n) is 4.44. The lowest BCUT2D eigenvalue weighted by molar-refractivity contribution is -0.759. The lowest BCUT2D eigenvalue weighted by Crippen LogP contribution is -2.55. The van der Waals surface area contributed by atoms with E-state index in [1.165, 1.54) is 18.9 Å². The smallest absolute Gasteiger partial charge is 0.325 e. The molecule has 2 aromatic carbocycles. The number of fused-ring (bicyclic) bond motifs is 3. The number of ether oxygens (including phenoxy) is 1. The number of phenols is 1. The van der Waals surface area contributed by atoms with Crippen molar-refractivity contribution in [2.24, 2.45) is 0 Å². The van der Waals surface area contributed by atoms with Crippen molar-refractivity contribution in [3.05, 3.63) is 56.8 Å². The second kappa shape index (κ2) is 7.48. The minimum Gasteiger partial charge on any atom is -0.504 e. The highest BCUT2D eigenvalue weighted by molar-refractivity contribution is 9.10. The Morgan fingerprint density at radius 3 is 2.86 bits per heavy atom. The van der Waals surface area contributed by atoms with Crippen molar-refractivity contribution < 1.29 is 14.5 Å². The molecule has 1 atom stereocenters. The van der Waals surface area contributed by atoms with E-state index in [9.17, 15) is 9.90 Å². The number of phenolic OH excluding ortho intramolecular Hbond substituents is 1. The van der Waals surface area contributed by atoms with E-state index in [0.29, 0.717) is 16.6 Å². The summed E-state index contributed by atoms with van der Waals surface area (Å²) in [6, 6.07) is 10.9. The first-order chi connectivity index (χ1) is 13.5. The van der Waals surface area contributed by atoms with E-state index in [-0.39, 0.29) is 11.3 Å². The van der Waals surface area contributed by atoms with Crippen molar-refractivity contribution in [1.29, 1.82) is 0 Å².